The van der Waals surface area contributed by atoms with Crippen molar-refractivity contribution in [1.82, 2.24) is 4.98 Å². The first kappa shape index (κ1) is 15.1. The minimum absolute atomic E-state index is 0.195. The summed E-state index contributed by atoms with van der Waals surface area (Å²) in [5, 5.41) is 22.3. The molecule has 0 saturated heterocycles. The predicted octanol–water partition coefficient (Wildman–Crippen LogP) is 2.49. The molecule has 1 amide bonds. The van der Waals surface area contributed by atoms with Crippen molar-refractivity contribution in [3.05, 3.63) is 64.1 Å². The Balaban J connectivity index is 2.05. The lowest BCUT2D eigenvalue weighted by Gasteiger charge is -2.03. The molecule has 7 nitrogen and oxygen atoms in total. The second-order valence-electron chi connectivity index (χ2n) is 4.19. The SMILES string of the molecule is O=C(/C=C/c1ccc(F)cc1)Nc1ncc([N+](=O)[O-])cc1O. The average molecular weight is 303 g/mol. The molecule has 0 bridgehead atoms. The van der Waals surface area contributed by atoms with E-state index in [-0.39, 0.29) is 11.6 Å². The van der Waals surface area contributed by atoms with Crippen LogP contribution in [0, 0.1) is 15.9 Å². The first-order valence-corrected chi connectivity index (χ1v) is 6.04. The summed E-state index contributed by atoms with van der Waals surface area (Å²) in [4.78, 5) is 25.0. The monoisotopic (exact) mass is 303 g/mol. The number of carbonyl (C=O) groups is 1. The van der Waals surface area contributed by atoms with Gasteiger partial charge in [0.25, 0.3) is 5.69 Å². The molecule has 1 aromatic carbocycles. The van der Waals surface area contributed by atoms with Gasteiger partial charge in [0.05, 0.1) is 11.0 Å². The van der Waals surface area contributed by atoms with E-state index in [4.69, 9.17) is 0 Å². The fourth-order valence-electron chi connectivity index (χ4n) is 1.54. The lowest BCUT2D eigenvalue weighted by Crippen LogP contribution is -2.09. The lowest BCUT2D eigenvalue weighted by atomic mass is 10.2. The van der Waals surface area contributed by atoms with Gasteiger partial charge in [-0.3, -0.25) is 14.9 Å². The van der Waals surface area contributed by atoms with Crippen LogP contribution in [-0.2, 0) is 4.79 Å². The highest BCUT2D eigenvalue weighted by atomic mass is 19.1. The number of aromatic hydroxyl groups is 1. The van der Waals surface area contributed by atoms with Crippen molar-refractivity contribution >= 4 is 23.5 Å². The molecule has 2 aromatic rings. The van der Waals surface area contributed by atoms with Crippen LogP contribution in [-0.4, -0.2) is 20.9 Å². The zero-order valence-corrected chi connectivity index (χ0v) is 11.1. The number of carbonyl (C=O) groups excluding carboxylic acids is 1. The zero-order chi connectivity index (χ0) is 16.1. The van der Waals surface area contributed by atoms with Crippen molar-refractivity contribution in [3.63, 3.8) is 0 Å². The molecule has 112 valence electrons. The molecule has 0 atom stereocenters. The third-order valence-corrected chi connectivity index (χ3v) is 2.60. The number of hydrogen-bond donors (Lipinski definition) is 2. The molecule has 0 spiro atoms. The minimum Gasteiger partial charge on any atom is -0.504 e. The maximum atomic E-state index is 12.7. The van der Waals surface area contributed by atoms with E-state index in [1.165, 1.54) is 30.3 Å². The summed E-state index contributed by atoms with van der Waals surface area (Å²) in [6, 6.07) is 6.36. The van der Waals surface area contributed by atoms with Crippen molar-refractivity contribution in [2.45, 2.75) is 0 Å². The number of nitrogens with one attached hydrogen (secondary N) is 1. The van der Waals surface area contributed by atoms with Gasteiger partial charge in [-0.2, -0.15) is 0 Å². The van der Waals surface area contributed by atoms with Gasteiger partial charge >= 0.3 is 0 Å². The molecule has 0 aliphatic heterocycles. The fourth-order valence-corrected chi connectivity index (χ4v) is 1.54. The van der Waals surface area contributed by atoms with Crippen LogP contribution in [0.2, 0.25) is 0 Å². The number of anilines is 1. The highest BCUT2D eigenvalue weighted by Crippen LogP contribution is 2.24. The topological polar surface area (TPSA) is 105 Å². The third kappa shape index (κ3) is 3.85. The summed E-state index contributed by atoms with van der Waals surface area (Å²) in [6.07, 6.45) is 3.52. The molecule has 0 saturated carbocycles. The number of amides is 1. The zero-order valence-electron chi connectivity index (χ0n) is 11.1. The Hall–Kier alpha value is -3.29. The number of aromatic nitrogens is 1. The number of benzene rings is 1. The summed E-state index contributed by atoms with van der Waals surface area (Å²) in [5.74, 6) is -1.69. The summed E-state index contributed by atoms with van der Waals surface area (Å²) >= 11 is 0. The highest BCUT2D eigenvalue weighted by Gasteiger charge is 2.12. The van der Waals surface area contributed by atoms with Gasteiger partial charge in [0.15, 0.2) is 11.6 Å². The maximum Gasteiger partial charge on any atom is 0.291 e. The van der Waals surface area contributed by atoms with Crippen LogP contribution in [0.4, 0.5) is 15.9 Å². The molecular weight excluding hydrogens is 293 g/mol. The molecule has 1 heterocycles. The molecule has 22 heavy (non-hydrogen) atoms. The van der Waals surface area contributed by atoms with Gasteiger partial charge in [-0.15, -0.1) is 0 Å². The van der Waals surface area contributed by atoms with Gasteiger partial charge in [-0.05, 0) is 23.8 Å². The van der Waals surface area contributed by atoms with Crippen LogP contribution in [0.15, 0.2) is 42.6 Å². The van der Waals surface area contributed by atoms with Gasteiger partial charge < -0.3 is 10.4 Å². The molecule has 0 fully saturated rings. The molecule has 0 aliphatic carbocycles. The Morgan fingerprint density at radius 3 is 2.64 bits per heavy atom. The van der Waals surface area contributed by atoms with Crippen LogP contribution in [0.5, 0.6) is 5.75 Å². The Morgan fingerprint density at radius 1 is 1.36 bits per heavy atom. The van der Waals surface area contributed by atoms with E-state index in [0.29, 0.717) is 5.56 Å². The molecule has 2 rings (SSSR count). The van der Waals surface area contributed by atoms with Gasteiger partial charge in [0, 0.05) is 6.08 Å². The van der Waals surface area contributed by atoms with E-state index in [1.54, 1.807) is 0 Å². The Labute approximate surface area is 123 Å². The number of pyridine rings is 1. The van der Waals surface area contributed by atoms with Crippen molar-refractivity contribution in [3.8, 4) is 5.75 Å². The van der Waals surface area contributed by atoms with Crippen LogP contribution < -0.4 is 5.32 Å². The highest BCUT2D eigenvalue weighted by molar-refractivity contribution is 6.02. The number of rotatable bonds is 4. The standard InChI is InChI=1S/C14H10FN3O4/c15-10-4-1-9(2-5-10)3-6-13(20)17-14-12(19)7-11(8-16-14)18(21)22/h1-8,19H,(H,16,17,20)/b6-3+. The maximum absolute atomic E-state index is 12.7. The Bertz CT molecular complexity index is 744. The molecule has 1 aromatic heterocycles. The second-order valence-corrected chi connectivity index (χ2v) is 4.19. The summed E-state index contributed by atoms with van der Waals surface area (Å²) in [5.41, 5.74) is 0.217. The van der Waals surface area contributed by atoms with Gasteiger partial charge in [-0.25, -0.2) is 9.37 Å². The Kier molecular flexibility index (Phi) is 4.42. The quantitative estimate of drug-likeness (QED) is 0.513. The predicted molar refractivity (Wildman–Crippen MR) is 76.6 cm³/mol. The van der Waals surface area contributed by atoms with Crippen molar-refractivity contribution in [2.24, 2.45) is 0 Å². The molecule has 0 aliphatic rings. The van der Waals surface area contributed by atoms with E-state index in [9.17, 15) is 24.4 Å². The largest absolute Gasteiger partial charge is 0.504 e. The second kappa shape index (κ2) is 6.44. The lowest BCUT2D eigenvalue weighted by molar-refractivity contribution is -0.385. The minimum atomic E-state index is -0.716. The number of hydrogen-bond acceptors (Lipinski definition) is 5. The van der Waals surface area contributed by atoms with Crippen molar-refractivity contribution < 1.29 is 19.2 Å². The van der Waals surface area contributed by atoms with Gasteiger partial charge in [0.1, 0.15) is 12.0 Å². The number of nitro groups is 1. The number of halogens is 1. The molecule has 0 unspecified atom stereocenters. The molecule has 2 N–H and O–H groups in total. The smallest absolute Gasteiger partial charge is 0.291 e. The van der Waals surface area contributed by atoms with Gasteiger partial charge in [0.2, 0.25) is 5.91 Å². The van der Waals surface area contributed by atoms with Crippen molar-refractivity contribution in [1.29, 1.82) is 0 Å². The molecular formula is C14H10FN3O4. The van der Waals surface area contributed by atoms with E-state index in [1.807, 2.05) is 0 Å². The first-order valence-electron chi connectivity index (χ1n) is 6.04. The normalized spacial score (nSPS) is 10.6. The van der Waals surface area contributed by atoms with E-state index in [0.717, 1.165) is 18.3 Å². The fraction of sp³-hybridized carbons (Fsp3) is 0. The van der Waals surface area contributed by atoms with Gasteiger partial charge in [-0.1, -0.05) is 12.1 Å². The molecule has 0 radical (unpaired) electrons. The molecule has 8 heteroatoms. The van der Waals surface area contributed by atoms with Crippen LogP contribution in [0.25, 0.3) is 6.08 Å². The van der Waals surface area contributed by atoms with Crippen molar-refractivity contribution in [2.75, 3.05) is 5.32 Å². The van der Waals surface area contributed by atoms with Crippen LogP contribution in [0.3, 0.4) is 0 Å². The Morgan fingerprint density at radius 2 is 2.05 bits per heavy atom. The van der Waals surface area contributed by atoms with E-state index < -0.39 is 22.3 Å². The first-order chi connectivity index (χ1) is 10.5. The third-order valence-electron chi connectivity index (χ3n) is 2.60. The number of nitrogens with zero attached hydrogens (tertiary/aromatic N) is 2. The summed E-state index contributed by atoms with van der Waals surface area (Å²) in [7, 11) is 0. The van der Waals surface area contributed by atoms with Crippen LogP contribution in [0.1, 0.15) is 5.56 Å². The summed E-state index contributed by atoms with van der Waals surface area (Å²) in [6.45, 7) is 0. The average Bonchev–Trinajstić information content (AvgIpc) is 2.48. The van der Waals surface area contributed by atoms with E-state index in [2.05, 4.69) is 10.3 Å². The van der Waals surface area contributed by atoms with Crippen LogP contribution >= 0.6 is 0 Å². The van der Waals surface area contributed by atoms with E-state index >= 15 is 0 Å². The summed E-state index contributed by atoms with van der Waals surface area (Å²) < 4.78 is 12.7.